The first-order valence-corrected chi connectivity index (χ1v) is 10.0. The van der Waals surface area contributed by atoms with Crippen LogP contribution in [-0.2, 0) is 17.7 Å². The number of ether oxygens (including phenoxy) is 1. The Labute approximate surface area is 164 Å². The van der Waals surface area contributed by atoms with Gasteiger partial charge in [0, 0.05) is 18.5 Å². The van der Waals surface area contributed by atoms with Gasteiger partial charge in [0.15, 0.2) is 11.0 Å². The average Bonchev–Trinajstić information content (AvgIpc) is 3.19. The minimum atomic E-state index is -0.545. The second-order valence-electron chi connectivity index (χ2n) is 7.69. The third-order valence-corrected chi connectivity index (χ3v) is 4.36. The van der Waals surface area contributed by atoms with Gasteiger partial charge in [0.25, 0.3) is 0 Å². The lowest BCUT2D eigenvalue weighted by molar-refractivity contribution is 0.0522. The van der Waals surface area contributed by atoms with E-state index < -0.39 is 11.7 Å². The Kier molecular flexibility index (Phi) is 7.18. The first kappa shape index (κ1) is 21.1. The molecule has 0 unspecified atom stereocenters. The minimum Gasteiger partial charge on any atom is -0.444 e. The fourth-order valence-corrected chi connectivity index (χ4v) is 3.26. The van der Waals surface area contributed by atoms with Gasteiger partial charge in [-0.3, -0.25) is 0 Å². The molecule has 0 saturated carbocycles. The molecule has 9 heteroatoms. The highest BCUT2D eigenvalue weighted by atomic mass is 32.1. The lowest BCUT2D eigenvalue weighted by Gasteiger charge is -2.21. The Morgan fingerprint density at radius 1 is 1.37 bits per heavy atom. The van der Waals surface area contributed by atoms with E-state index in [-0.39, 0.29) is 6.54 Å². The second kappa shape index (κ2) is 9.16. The molecular formula is C18H29N5O3S. The number of hydrogen-bond donors (Lipinski definition) is 1. The van der Waals surface area contributed by atoms with Gasteiger partial charge in [-0.05, 0) is 33.6 Å². The van der Waals surface area contributed by atoms with E-state index >= 15 is 0 Å². The molecule has 2 aromatic heterocycles. The van der Waals surface area contributed by atoms with Crippen molar-refractivity contribution >= 4 is 22.6 Å². The summed E-state index contributed by atoms with van der Waals surface area (Å²) in [6.07, 6.45) is -0.0439. The molecule has 0 radical (unpaired) electrons. The SMILES string of the molecule is CCN(CC(C)C)c1nc(Cc2nc(CNC(=O)OC(C)(C)C)no2)cs1. The Bertz CT molecular complexity index is 735. The van der Waals surface area contributed by atoms with E-state index in [1.807, 2.05) is 26.2 Å². The lowest BCUT2D eigenvalue weighted by atomic mass is 10.2. The van der Waals surface area contributed by atoms with Crippen molar-refractivity contribution in [2.24, 2.45) is 5.92 Å². The lowest BCUT2D eigenvalue weighted by Crippen LogP contribution is -2.32. The largest absolute Gasteiger partial charge is 0.444 e. The molecule has 0 saturated heterocycles. The molecule has 2 heterocycles. The van der Waals surface area contributed by atoms with Crippen LogP contribution in [0.4, 0.5) is 9.93 Å². The van der Waals surface area contributed by atoms with Gasteiger partial charge in [-0.2, -0.15) is 4.98 Å². The Morgan fingerprint density at radius 3 is 2.74 bits per heavy atom. The fraction of sp³-hybridized carbons (Fsp3) is 0.667. The minimum absolute atomic E-state index is 0.152. The number of rotatable bonds is 8. The van der Waals surface area contributed by atoms with Gasteiger partial charge in [-0.1, -0.05) is 19.0 Å². The Balaban J connectivity index is 1.89. The summed E-state index contributed by atoms with van der Waals surface area (Å²) in [7, 11) is 0. The molecule has 0 aliphatic rings. The van der Waals surface area contributed by atoms with Gasteiger partial charge in [0.05, 0.1) is 18.7 Å². The van der Waals surface area contributed by atoms with E-state index in [9.17, 15) is 4.79 Å². The number of nitrogens with zero attached hydrogens (tertiary/aromatic N) is 4. The molecule has 0 fully saturated rings. The summed E-state index contributed by atoms with van der Waals surface area (Å²) in [6, 6.07) is 0. The number of aromatic nitrogens is 3. The number of thiazole rings is 1. The van der Waals surface area contributed by atoms with Gasteiger partial charge in [-0.25, -0.2) is 9.78 Å². The maximum atomic E-state index is 11.7. The molecule has 1 amide bonds. The number of hydrogen-bond acceptors (Lipinski definition) is 8. The smallest absolute Gasteiger partial charge is 0.408 e. The standard InChI is InChI=1S/C18H29N5O3S/c1-7-23(10-12(2)3)16-20-13(11-27-16)8-15-21-14(22-26-15)9-19-17(24)25-18(4,5)6/h11-12H,7-10H2,1-6H3,(H,19,24). The number of anilines is 1. The van der Waals surface area contributed by atoms with Gasteiger partial charge in [-0.15, -0.1) is 11.3 Å². The summed E-state index contributed by atoms with van der Waals surface area (Å²) < 4.78 is 10.4. The molecule has 0 aliphatic heterocycles. The van der Waals surface area contributed by atoms with Crippen molar-refractivity contribution in [1.29, 1.82) is 0 Å². The molecule has 1 N–H and O–H groups in total. The van der Waals surface area contributed by atoms with Crippen LogP contribution in [0, 0.1) is 5.92 Å². The molecule has 0 aliphatic carbocycles. The average molecular weight is 396 g/mol. The third kappa shape index (κ3) is 7.16. The van der Waals surface area contributed by atoms with E-state index in [0.29, 0.717) is 24.1 Å². The predicted molar refractivity (Wildman–Crippen MR) is 105 cm³/mol. The van der Waals surface area contributed by atoms with Crippen molar-refractivity contribution in [3.8, 4) is 0 Å². The zero-order valence-corrected chi connectivity index (χ0v) is 17.7. The number of carbonyl (C=O) groups is 1. The van der Waals surface area contributed by atoms with Crippen molar-refractivity contribution < 1.29 is 14.1 Å². The molecule has 0 aromatic carbocycles. The molecule has 27 heavy (non-hydrogen) atoms. The zero-order valence-electron chi connectivity index (χ0n) is 16.9. The van der Waals surface area contributed by atoms with Crippen molar-refractivity contribution in [2.45, 2.75) is 60.1 Å². The van der Waals surface area contributed by atoms with Crippen molar-refractivity contribution in [3.05, 3.63) is 22.8 Å². The Hall–Kier alpha value is -2.16. The van der Waals surface area contributed by atoms with Crippen LogP contribution in [-0.4, -0.2) is 39.9 Å². The number of amides is 1. The predicted octanol–water partition coefficient (Wildman–Crippen LogP) is 3.62. The molecule has 2 rings (SSSR count). The summed E-state index contributed by atoms with van der Waals surface area (Å²) in [4.78, 5) is 22.9. The van der Waals surface area contributed by atoms with Crippen LogP contribution in [0.15, 0.2) is 9.90 Å². The maximum Gasteiger partial charge on any atom is 0.408 e. The van der Waals surface area contributed by atoms with Crippen LogP contribution in [0.3, 0.4) is 0 Å². The number of nitrogens with one attached hydrogen (secondary N) is 1. The third-order valence-electron chi connectivity index (χ3n) is 3.41. The van der Waals surface area contributed by atoms with Crippen molar-refractivity contribution in [1.82, 2.24) is 20.4 Å². The maximum absolute atomic E-state index is 11.7. The number of alkyl carbamates (subject to hydrolysis) is 1. The summed E-state index contributed by atoms with van der Waals surface area (Å²) >= 11 is 1.62. The first-order valence-electron chi connectivity index (χ1n) is 9.14. The highest BCUT2D eigenvalue weighted by Gasteiger charge is 2.17. The van der Waals surface area contributed by atoms with Crippen LogP contribution in [0.25, 0.3) is 0 Å². The molecule has 150 valence electrons. The highest BCUT2D eigenvalue weighted by molar-refractivity contribution is 7.13. The van der Waals surface area contributed by atoms with Gasteiger partial charge in [0.2, 0.25) is 5.89 Å². The van der Waals surface area contributed by atoms with Gasteiger partial charge >= 0.3 is 6.09 Å². The topological polar surface area (TPSA) is 93.4 Å². The van der Waals surface area contributed by atoms with Crippen LogP contribution < -0.4 is 10.2 Å². The Morgan fingerprint density at radius 2 is 2.11 bits per heavy atom. The second-order valence-corrected chi connectivity index (χ2v) is 8.53. The molecule has 0 atom stereocenters. The first-order chi connectivity index (χ1) is 12.7. The summed E-state index contributed by atoms with van der Waals surface area (Å²) in [6.45, 7) is 14.0. The summed E-state index contributed by atoms with van der Waals surface area (Å²) in [5, 5.41) is 9.52. The molecule has 0 bridgehead atoms. The molecular weight excluding hydrogens is 366 g/mol. The molecule has 2 aromatic rings. The summed E-state index contributed by atoms with van der Waals surface area (Å²) in [5.74, 6) is 1.45. The highest BCUT2D eigenvalue weighted by Crippen LogP contribution is 2.22. The number of carbonyl (C=O) groups excluding carboxylic acids is 1. The summed E-state index contributed by atoms with van der Waals surface area (Å²) in [5.41, 5.74) is 0.351. The van der Waals surface area contributed by atoms with Gasteiger partial charge < -0.3 is 19.5 Å². The van der Waals surface area contributed by atoms with Crippen molar-refractivity contribution in [3.63, 3.8) is 0 Å². The van der Waals surface area contributed by atoms with E-state index in [1.165, 1.54) is 0 Å². The van der Waals surface area contributed by atoms with Crippen LogP contribution in [0.5, 0.6) is 0 Å². The van der Waals surface area contributed by atoms with E-state index in [1.54, 1.807) is 11.3 Å². The van der Waals surface area contributed by atoms with Crippen LogP contribution in [0.1, 0.15) is 59.0 Å². The monoisotopic (exact) mass is 395 g/mol. The van der Waals surface area contributed by atoms with Crippen LogP contribution in [0.2, 0.25) is 0 Å². The van der Waals surface area contributed by atoms with E-state index in [2.05, 4.69) is 46.1 Å². The fourth-order valence-electron chi connectivity index (χ4n) is 2.36. The van der Waals surface area contributed by atoms with E-state index in [0.717, 1.165) is 23.9 Å². The molecule has 0 spiro atoms. The molecule has 8 nitrogen and oxygen atoms in total. The quantitative estimate of drug-likeness (QED) is 0.729. The zero-order chi connectivity index (χ0) is 20.0. The van der Waals surface area contributed by atoms with Gasteiger partial charge in [0.1, 0.15) is 5.60 Å². The van der Waals surface area contributed by atoms with Crippen LogP contribution >= 0.6 is 11.3 Å². The van der Waals surface area contributed by atoms with Crippen molar-refractivity contribution in [2.75, 3.05) is 18.0 Å². The van der Waals surface area contributed by atoms with E-state index in [4.69, 9.17) is 9.26 Å². The normalized spacial score (nSPS) is 11.7.